The topological polar surface area (TPSA) is 93.8 Å². The van der Waals surface area contributed by atoms with E-state index in [2.05, 4.69) is 22.5 Å². The molecule has 2 aromatic carbocycles. The van der Waals surface area contributed by atoms with E-state index in [1.54, 1.807) is 4.90 Å². The number of likely N-dealkylation sites (tertiary alicyclic amines) is 1. The Bertz CT molecular complexity index is 1380. The number of nitrogens with one attached hydrogen (secondary N) is 3. The number of anilines is 1. The lowest BCUT2D eigenvalue weighted by Gasteiger charge is -2.45. The second-order valence-electron chi connectivity index (χ2n) is 10.2. The summed E-state index contributed by atoms with van der Waals surface area (Å²) >= 11 is 7.94. The molecule has 6 rings (SSSR count). The van der Waals surface area contributed by atoms with Crippen LogP contribution >= 0.6 is 23.4 Å². The van der Waals surface area contributed by atoms with E-state index in [9.17, 15) is 14.4 Å². The Morgan fingerprint density at radius 3 is 2.82 bits per heavy atom. The second-order valence-corrected chi connectivity index (χ2v) is 11.8. The van der Waals surface area contributed by atoms with Gasteiger partial charge in [0.1, 0.15) is 0 Å². The number of hydrogen-bond donors (Lipinski definition) is 3. The summed E-state index contributed by atoms with van der Waals surface area (Å²) < 4.78 is 0. The van der Waals surface area contributed by atoms with Crippen molar-refractivity contribution in [3.63, 3.8) is 0 Å². The first-order valence-corrected chi connectivity index (χ1v) is 14.5. The zero-order chi connectivity index (χ0) is 27.1. The first-order valence-electron chi connectivity index (χ1n) is 13.3. The average molecular weight is 564 g/mol. The highest BCUT2D eigenvalue weighted by Crippen LogP contribution is 2.48. The Kier molecular flexibility index (Phi) is 7.14. The lowest BCUT2D eigenvalue weighted by molar-refractivity contribution is -0.128. The number of thioether (sulfide) groups is 1. The largest absolute Gasteiger partial charge is 0.347 e. The molecule has 0 radical (unpaired) electrons. The normalized spacial score (nSPS) is 26.1. The predicted molar refractivity (Wildman–Crippen MR) is 154 cm³/mol. The van der Waals surface area contributed by atoms with Gasteiger partial charge in [-0.25, -0.2) is 4.79 Å². The Morgan fingerprint density at radius 2 is 2.00 bits per heavy atom. The number of piperidine rings is 2. The van der Waals surface area contributed by atoms with Crippen molar-refractivity contribution in [3.8, 4) is 11.1 Å². The molecule has 0 spiro atoms. The first kappa shape index (κ1) is 26.0. The SMILES string of the molecule is C=CC(=O)N1CCC[C@@H](NC(=O)C2=C3NC(=O)N(c4cccc(-c5ccccc5Cl)c4)C4CCNC(S2)C34)C1. The van der Waals surface area contributed by atoms with Gasteiger partial charge < -0.3 is 20.9 Å². The van der Waals surface area contributed by atoms with Gasteiger partial charge in [-0.15, -0.1) is 0 Å². The molecule has 3 N–H and O–H groups in total. The van der Waals surface area contributed by atoms with Crippen LogP contribution in [0.2, 0.25) is 5.02 Å². The number of urea groups is 1. The molecule has 4 heterocycles. The minimum Gasteiger partial charge on any atom is -0.347 e. The van der Waals surface area contributed by atoms with E-state index in [1.165, 1.54) is 17.8 Å². The standard InChI is InChI=1S/C29H30ClN5O3S/c1-2-23(36)34-14-6-8-18(16-34)32-27(37)26-25-24-22(12-13-31-28(24)39-26)35(29(38)33-25)19-9-5-7-17(15-19)20-10-3-4-11-21(20)30/h2-5,7,9-11,15,18,22,24,28,31H,1,6,8,12-14,16H2,(H,32,37)(H,33,38)/t18-,22?,24?,28?/m1/s1. The van der Waals surface area contributed by atoms with Crippen molar-refractivity contribution in [1.82, 2.24) is 20.9 Å². The highest BCUT2D eigenvalue weighted by molar-refractivity contribution is 8.04. The van der Waals surface area contributed by atoms with Crippen molar-refractivity contribution >= 4 is 46.9 Å². The van der Waals surface area contributed by atoms with Crippen LogP contribution < -0.4 is 20.9 Å². The van der Waals surface area contributed by atoms with Gasteiger partial charge in [-0.05, 0) is 55.6 Å². The molecule has 4 aliphatic rings. The van der Waals surface area contributed by atoms with E-state index in [4.69, 9.17) is 11.6 Å². The van der Waals surface area contributed by atoms with Crippen molar-refractivity contribution < 1.29 is 14.4 Å². The Morgan fingerprint density at radius 1 is 1.15 bits per heavy atom. The molecule has 3 saturated heterocycles. The zero-order valence-electron chi connectivity index (χ0n) is 21.4. The molecular formula is C29H30ClN5O3S. The summed E-state index contributed by atoms with van der Waals surface area (Å²) in [6, 6.07) is 15.1. The van der Waals surface area contributed by atoms with Crippen LogP contribution in [-0.4, -0.2) is 59.8 Å². The molecule has 202 valence electrons. The minimum atomic E-state index is -0.239. The summed E-state index contributed by atoms with van der Waals surface area (Å²) in [5.74, 6) is -0.365. The number of rotatable bonds is 5. The van der Waals surface area contributed by atoms with Crippen molar-refractivity contribution in [2.75, 3.05) is 24.5 Å². The molecule has 39 heavy (non-hydrogen) atoms. The van der Waals surface area contributed by atoms with E-state index < -0.39 is 0 Å². The van der Waals surface area contributed by atoms with Gasteiger partial charge in [0.15, 0.2) is 0 Å². The number of benzene rings is 2. The van der Waals surface area contributed by atoms with Crippen molar-refractivity contribution in [2.45, 2.75) is 36.7 Å². The quantitative estimate of drug-likeness (QED) is 0.476. The fourth-order valence-corrected chi connectivity index (χ4v) is 7.76. The Labute approximate surface area is 236 Å². The maximum Gasteiger partial charge on any atom is 0.326 e. The van der Waals surface area contributed by atoms with Crippen LogP contribution in [0.1, 0.15) is 19.3 Å². The molecule has 0 aliphatic carbocycles. The molecule has 8 nitrogen and oxygen atoms in total. The summed E-state index contributed by atoms with van der Waals surface area (Å²) in [7, 11) is 0. The fourth-order valence-electron chi connectivity index (χ4n) is 6.12. The zero-order valence-corrected chi connectivity index (χ0v) is 22.9. The Balaban J connectivity index is 1.26. The van der Waals surface area contributed by atoms with Gasteiger partial charge in [0.2, 0.25) is 5.91 Å². The number of hydrogen-bond acceptors (Lipinski definition) is 5. The number of carbonyl (C=O) groups excluding carboxylic acids is 3. The molecule has 0 aromatic heterocycles. The third-order valence-corrected chi connectivity index (χ3v) is 9.58. The molecule has 10 heteroatoms. The van der Waals surface area contributed by atoms with Gasteiger partial charge in [-0.3, -0.25) is 14.5 Å². The molecule has 0 bridgehead atoms. The van der Waals surface area contributed by atoms with Crippen molar-refractivity contribution in [3.05, 3.63) is 76.8 Å². The van der Waals surface area contributed by atoms with Gasteiger partial charge in [0.25, 0.3) is 5.91 Å². The number of nitrogens with zero attached hydrogens (tertiary/aromatic N) is 2. The van der Waals surface area contributed by atoms with Crippen LogP contribution in [0.25, 0.3) is 11.1 Å². The summed E-state index contributed by atoms with van der Waals surface area (Å²) in [6.45, 7) is 5.44. The van der Waals surface area contributed by atoms with Crippen LogP contribution in [0, 0.1) is 5.92 Å². The van der Waals surface area contributed by atoms with E-state index >= 15 is 0 Å². The lowest BCUT2D eigenvalue weighted by atomic mass is 9.86. The Hall–Kier alpha value is -3.27. The van der Waals surface area contributed by atoms with Gasteiger partial charge in [-0.1, -0.05) is 60.3 Å². The number of amides is 4. The smallest absolute Gasteiger partial charge is 0.326 e. The monoisotopic (exact) mass is 563 g/mol. The first-order chi connectivity index (χ1) is 18.9. The summed E-state index contributed by atoms with van der Waals surface area (Å²) in [4.78, 5) is 43.3. The third kappa shape index (κ3) is 4.83. The highest BCUT2D eigenvalue weighted by atomic mass is 35.5. The van der Waals surface area contributed by atoms with Crippen molar-refractivity contribution in [2.24, 2.45) is 5.92 Å². The number of halogens is 1. The number of carbonyl (C=O) groups is 3. The molecule has 3 fully saturated rings. The fraction of sp³-hybridized carbons (Fsp3) is 0.345. The highest BCUT2D eigenvalue weighted by Gasteiger charge is 2.51. The van der Waals surface area contributed by atoms with Crippen LogP contribution in [-0.2, 0) is 9.59 Å². The molecule has 4 amide bonds. The predicted octanol–water partition coefficient (Wildman–Crippen LogP) is 4.09. The minimum absolute atomic E-state index is 0.0143. The van der Waals surface area contributed by atoms with Crippen LogP contribution in [0.15, 0.2) is 71.8 Å². The summed E-state index contributed by atoms with van der Waals surface area (Å²) in [6.07, 6.45) is 3.70. The lowest BCUT2D eigenvalue weighted by Crippen LogP contribution is -2.62. The maximum absolute atomic E-state index is 13.6. The van der Waals surface area contributed by atoms with Crippen LogP contribution in [0.4, 0.5) is 10.5 Å². The maximum atomic E-state index is 13.6. The summed E-state index contributed by atoms with van der Waals surface area (Å²) in [5, 5.41) is 10.4. The van der Waals surface area contributed by atoms with Crippen LogP contribution in [0.3, 0.4) is 0 Å². The molecule has 4 atom stereocenters. The van der Waals surface area contributed by atoms with E-state index in [-0.39, 0.29) is 41.2 Å². The second kappa shape index (κ2) is 10.7. The van der Waals surface area contributed by atoms with Gasteiger partial charge >= 0.3 is 6.03 Å². The molecular weight excluding hydrogens is 534 g/mol. The van der Waals surface area contributed by atoms with E-state index in [0.717, 1.165) is 42.6 Å². The summed E-state index contributed by atoms with van der Waals surface area (Å²) in [5.41, 5.74) is 3.34. The van der Waals surface area contributed by atoms with E-state index in [0.29, 0.717) is 28.7 Å². The van der Waals surface area contributed by atoms with Crippen molar-refractivity contribution in [1.29, 1.82) is 0 Å². The van der Waals surface area contributed by atoms with Gasteiger partial charge in [-0.2, -0.15) is 0 Å². The van der Waals surface area contributed by atoms with Gasteiger partial charge in [0, 0.05) is 47.0 Å². The molecule has 4 aliphatic heterocycles. The van der Waals surface area contributed by atoms with Crippen LogP contribution in [0.5, 0.6) is 0 Å². The molecule has 2 aromatic rings. The van der Waals surface area contributed by atoms with E-state index in [1.807, 2.05) is 53.4 Å². The molecule has 3 unspecified atom stereocenters. The van der Waals surface area contributed by atoms with Gasteiger partial charge in [0.05, 0.1) is 16.3 Å². The average Bonchev–Trinajstić information content (AvgIpc) is 3.32. The molecule has 0 saturated carbocycles. The third-order valence-electron chi connectivity index (χ3n) is 7.90.